The maximum absolute atomic E-state index is 13.5. The zero-order chi connectivity index (χ0) is 11.0. The van der Waals surface area contributed by atoms with Crippen LogP contribution < -0.4 is 4.74 Å². The van der Waals surface area contributed by atoms with Crippen molar-refractivity contribution < 1.29 is 13.9 Å². The number of aromatic amines is 1. The lowest BCUT2D eigenvalue weighted by Crippen LogP contribution is -1.86. The van der Waals surface area contributed by atoms with E-state index in [1.807, 2.05) is 0 Å². The first-order valence-corrected chi connectivity index (χ1v) is 4.49. The Hall–Kier alpha value is -1.84. The molecular formula is C11H10FNO2. The zero-order valence-corrected chi connectivity index (χ0v) is 8.43. The summed E-state index contributed by atoms with van der Waals surface area (Å²) in [5.41, 5.74) is 1.52. The highest BCUT2D eigenvalue weighted by Gasteiger charge is 2.14. The number of rotatable bonds is 2. The fraction of sp³-hybridized carbons (Fsp3) is 0.182. The van der Waals surface area contributed by atoms with Crippen molar-refractivity contribution in [2.75, 3.05) is 7.11 Å². The predicted molar refractivity (Wildman–Crippen MR) is 54.9 cm³/mol. The molecule has 0 aliphatic heterocycles. The Morgan fingerprint density at radius 3 is 2.80 bits per heavy atom. The highest BCUT2D eigenvalue weighted by molar-refractivity contribution is 5.95. The number of aldehydes is 1. The predicted octanol–water partition coefficient (Wildman–Crippen LogP) is 2.44. The Morgan fingerprint density at radius 2 is 2.20 bits per heavy atom. The van der Waals surface area contributed by atoms with E-state index in [4.69, 9.17) is 4.74 Å². The van der Waals surface area contributed by atoms with Gasteiger partial charge in [-0.3, -0.25) is 4.79 Å². The molecule has 0 atom stereocenters. The molecule has 15 heavy (non-hydrogen) atoms. The molecule has 2 aromatic rings. The molecule has 0 spiro atoms. The van der Waals surface area contributed by atoms with Gasteiger partial charge in [-0.25, -0.2) is 4.39 Å². The van der Waals surface area contributed by atoms with Crippen LogP contribution in [0.2, 0.25) is 0 Å². The summed E-state index contributed by atoms with van der Waals surface area (Å²) in [5.74, 6) is 0.176. The average molecular weight is 207 g/mol. The number of benzene rings is 1. The number of aromatic nitrogens is 1. The first-order chi connectivity index (χ1) is 7.19. The number of hydrogen-bond acceptors (Lipinski definition) is 2. The minimum Gasteiger partial charge on any atom is -0.495 e. The molecule has 0 bridgehead atoms. The van der Waals surface area contributed by atoms with Crippen LogP contribution in [-0.2, 0) is 0 Å². The molecule has 0 aliphatic carbocycles. The van der Waals surface area contributed by atoms with E-state index in [1.54, 1.807) is 6.92 Å². The number of H-pyrrole nitrogens is 1. The second kappa shape index (κ2) is 3.38. The Bertz CT molecular complexity index is 531. The van der Waals surface area contributed by atoms with Crippen LogP contribution in [0.25, 0.3) is 10.9 Å². The molecule has 2 rings (SSSR count). The van der Waals surface area contributed by atoms with Crippen LogP contribution in [0.1, 0.15) is 16.1 Å². The van der Waals surface area contributed by atoms with Crippen molar-refractivity contribution in [3.63, 3.8) is 0 Å². The summed E-state index contributed by atoms with van der Waals surface area (Å²) >= 11 is 0. The molecule has 1 aromatic carbocycles. The monoisotopic (exact) mass is 207 g/mol. The number of halogens is 1. The summed E-state index contributed by atoms with van der Waals surface area (Å²) in [5, 5.41) is 0.413. The number of hydrogen-bond donors (Lipinski definition) is 1. The average Bonchev–Trinajstić information content (AvgIpc) is 2.57. The SMILES string of the molecule is COc1ccc(F)c2c(C)c(C=O)[nH]c12. The van der Waals surface area contributed by atoms with Gasteiger partial charge >= 0.3 is 0 Å². The van der Waals surface area contributed by atoms with Crippen molar-refractivity contribution in [3.05, 3.63) is 29.2 Å². The molecule has 0 saturated heterocycles. The van der Waals surface area contributed by atoms with Crippen LogP contribution in [0.4, 0.5) is 4.39 Å². The molecule has 0 unspecified atom stereocenters. The number of carbonyl (C=O) groups excluding carboxylic acids is 1. The molecule has 1 N–H and O–H groups in total. The number of ether oxygens (including phenoxy) is 1. The van der Waals surface area contributed by atoms with E-state index in [0.29, 0.717) is 34.2 Å². The van der Waals surface area contributed by atoms with Crippen molar-refractivity contribution >= 4 is 17.2 Å². The van der Waals surface area contributed by atoms with Gasteiger partial charge in [0.05, 0.1) is 18.3 Å². The van der Waals surface area contributed by atoms with Gasteiger partial charge in [0.25, 0.3) is 0 Å². The highest BCUT2D eigenvalue weighted by Crippen LogP contribution is 2.30. The molecule has 0 fully saturated rings. The summed E-state index contributed by atoms with van der Waals surface area (Å²) in [6, 6.07) is 2.86. The summed E-state index contributed by atoms with van der Waals surface area (Å²) in [6.07, 6.45) is 0.675. The molecular weight excluding hydrogens is 197 g/mol. The molecule has 0 radical (unpaired) electrons. The third-order valence-electron chi connectivity index (χ3n) is 2.49. The summed E-state index contributed by atoms with van der Waals surface area (Å²) in [7, 11) is 1.50. The van der Waals surface area contributed by atoms with Gasteiger partial charge in [-0.05, 0) is 24.6 Å². The Labute approximate surface area is 85.9 Å². The lowest BCUT2D eigenvalue weighted by molar-refractivity contribution is 0.111. The van der Waals surface area contributed by atoms with Gasteiger partial charge in [-0.15, -0.1) is 0 Å². The van der Waals surface area contributed by atoms with Crippen molar-refractivity contribution in [1.82, 2.24) is 4.98 Å². The number of aryl methyl sites for hydroxylation is 1. The third-order valence-corrected chi connectivity index (χ3v) is 2.49. The fourth-order valence-electron chi connectivity index (χ4n) is 1.70. The summed E-state index contributed by atoms with van der Waals surface area (Å²) in [6.45, 7) is 1.70. The molecule has 0 amide bonds. The van der Waals surface area contributed by atoms with Crippen LogP contribution in [0.5, 0.6) is 5.75 Å². The van der Waals surface area contributed by atoms with Crippen LogP contribution >= 0.6 is 0 Å². The maximum atomic E-state index is 13.5. The quantitative estimate of drug-likeness (QED) is 0.768. The topological polar surface area (TPSA) is 42.1 Å². The van der Waals surface area contributed by atoms with Gasteiger partial charge in [-0.1, -0.05) is 0 Å². The minimum absolute atomic E-state index is 0.354. The molecule has 3 nitrogen and oxygen atoms in total. The lowest BCUT2D eigenvalue weighted by Gasteiger charge is -2.01. The molecule has 1 heterocycles. The first-order valence-electron chi connectivity index (χ1n) is 4.49. The van der Waals surface area contributed by atoms with E-state index in [-0.39, 0.29) is 5.82 Å². The lowest BCUT2D eigenvalue weighted by atomic mass is 10.1. The van der Waals surface area contributed by atoms with E-state index in [1.165, 1.54) is 19.2 Å². The standard InChI is InChI=1S/C11H10FNO2/c1-6-8(5-14)13-11-9(15-2)4-3-7(12)10(6)11/h3-5,13H,1-2H3. The fourth-order valence-corrected chi connectivity index (χ4v) is 1.70. The Morgan fingerprint density at radius 1 is 1.47 bits per heavy atom. The molecule has 78 valence electrons. The van der Waals surface area contributed by atoms with E-state index < -0.39 is 0 Å². The van der Waals surface area contributed by atoms with Gasteiger partial charge in [-0.2, -0.15) is 0 Å². The van der Waals surface area contributed by atoms with E-state index in [9.17, 15) is 9.18 Å². The van der Waals surface area contributed by atoms with Crippen molar-refractivity contribution in [3.8, 4) is 5.75 Å². The first kappa shape index (κ1) is 9.71. The normalized spacial score (nSPS) is 10.6. The van der Waals surface area contributed by atoms with Crippen LogP contribution in [0, 0.1) is 12.7 Å². The Kier molecular flexibility index (Phi) is 2.19. The molecule has 0 saturated carbocycles. The second-order valence-electron chi connectivity index (χ2n) is 3.28. The molecule has 1 aromatic heterocycles. The zero-order valence-electron chi connectivity index (χ0n) is 8.43. The van der Waals surface area contributed by atoms with Crippen molar-refractivity contribution in [1.29, 1.82) is 0 Å². The number of fused-ring (bicyclic) bond motifs is 1. The van der Waals surface area contributed by atoms with E-state index in [0.717, 1.165) is 0 Å². The van der Waals surface area contributed by atoms with Gasteiger partial charge < -0.3 is 9.72 Å². The van der Waals surface area contributed by atoms with Crippen LogP contribution in [0.3, 0.4) is 0 Å². The number of nitrogens with one attached hydrogen (secondary N) is 1. The van der Waals surface area contributed by atoms with Gasteiger partial charge in [0, 0.05) is 5.39 Å². The van der Waals surface area contributed by atoms with Crippen molar-refractivity contribution in [2.45, 2.75) is 6.92 Å². The van der Waals surface area contributed by atoms with Gasteiger partial charge in [0.15, 0.2) is 6.29 Å². The number of carbonyl (C=O) groups is 1. The summed E-state index contributed by atoms with van der Waals surface area (Å²) in [4.78, 5) is 13.6. The highest BCUT2D eigenvalue weighted by atomic mass is 19.1. The maximum Gasteiger partial charge on any atom is 0.166 e. The van der Waals surface area contributed by atoms with Gasteiger partial charge in [0.1, 0.15) is 11.6 Å². The van der Waals surface area contributed by atoms with E-state index >= 15 is 0 Å². The molecule has 0 aliphatic rings. The number of methoxy groups -OCH3 is 1. The second-order valence-corrected chi connectivity index (χ2v) is 3.28. The third kappa shape index (κ3) is 1.29. The van der Waals surface area contributed by atoms with Gasteiger partial charge in [0.2, 0.25) is 0 Å². The molecule has 4 heteroatoms. The van der Waals surface area contributed by atoms with Crippen LogP contribution in [-0.4, -0.2) is 18.4 Å². The van der Waals surface area contributed by atoms with Crippen molar-refractivity contribution in [2.24, 2.45) is 0 Å². The largest absolute Gasteiger partial charge is 0.495 e. The van der Waals surface area contributed by atoms with E-state index in [2.05, 4.69) is 4.98 Å². The Balaban J connectivity index is 2.91. The smallest absolute Gasteiger partial charge is 0.166 e. The minimum atomic E-state index is -0.354. The summed E-state index contributed by atoms with van der Waals surface area (Å²) < 4.78 is 18.6. The van der Waals surface area contributed by atoms with Crippen LogP contribution in [0.15, 0.2) is 12.1 Å².